The second kappa shape index (κ2) is 8.74. The average Bonchev–Trinajstić information content (AvgIpc) is 3.53. The van der Waals surface area contributed by atoms with Gasteiger partial charge in [-0.3, -0.25) is 9.36 Å². The Morgan fingerprint density at radius 3 is 3.00 bits per heavy atom. The van der Waals surface area contributed by atoms with Gasteiger partial charge in [-0.15, -0.1) is 0 Å². The first-order valence-electron chi connectivity index (χ1n) is 10.4. The van der Waals surface area contributed by atoms with Crippen molar-refractivity contribution in [3.8, 4) is 11.5 Å². The quantitative estimate of drug-likeness (QED) is 0.227. The second-order valence-electron chi connectivity index (χ2n) is 7.53. The van der Waals surface area contributed by atoms with E-state index in [4.69, 9.17) is 19.9 Å². The molecule has 0 spiro atoms. The van der Waals surface area contributed by atoms with Crippen molar-refractivity contribution in [2.45, 2.75) is 31.5 Å². The number of nitrogens with one attached hydrogen (secondary N) is 2. The summed E-state index contributed by atoms with van der Waals surface area (Å²) in [5.74, 6) is 0.786. The number of nitrogens with two attached hydrogens (primary N) is 1. The van der Waals surface area contributed by atoms with Crippen molar-refractivity contribution in [2.75, 3.05) is 24.5 Å². The van der Waals surface area contributed by atoms with Gasteiger partial charge in [-0.1, -0.05) is 6.07 Å². The second-order valence-corrected chi connectivity index (χ2v) is 7.53. The standard InChI is InChI=1S/C20H22N8O6/c1-2-22-18(31)15-12(29)13(30)19(34-15)28-7-23-11-16(21)25-20(26-17(11)28)27-24-6-9-4-3-5-10-14(9)33-8-32-10/h3-7,12-13,15,19,29-30H,2,8H2,1H3,(H,22,31)(H3,21,25,26,27)/b24-6+/t12-,13+,15-,19+/m0/s1. The van der Waals surface area contributed by atoms with E-state index in [1.165, 1.54) is 17.1 Å². The van der Waals surface area contributed by atoms with Crippen LogP contribution < -0.4 is 25.9 Å². The summed E-state index contributed by atoms with van der Waals surface area (Å²) in [6, 6.07) is 5.41. The molecule has 4 atom stereocenters. The lowest BCUT2D eigenvalue weighted by atomic mass is 10.1. The van der Waals surface area contributed by atoms with Crippen LogP contribution in [-0.4, -0.2) is 73.5 Å². The molecule has 0 unspecified atom stereocenters. The predicted octanol–water partition coefficient (Wildman–Crippen LogP) is -0.661. The predicted molar refractivity (Wildman–Crippen MR) is 118 cm³/mol. The van der Waals surface area contributed by atoms with Gasteiger partial charge in [0.1, 0.15) is 17.7 Å². The maximum absolute atomic E-state index is 12.2. The molecule has 0 saturated carbocycles. The van der Waals surface area contributed by atoms with E-state index < -0.39 is 30.4 Å². The zero-order valence-corrected chi connectivity index (χ0v) is 18.0. The summed E-state index contributed by atoms with van der Waals surface area (Å²) >= 11 is 0. The molecular weight excluding hydrogens is 448 g/mol. The summed E-state index contributed by atoms with van der Waals surface area (Å²) < 4.78 is 17.8. The molecule has 1 fully saturated rings. The Kier molecular flexibility index (Phi) is 5.61. The number of nitrogens with zero attached hydrogens (tertiary/aromatic N) is 5. The molecule has 0 radical (unpaired) electrons. The highest BCUT2D eigenvalue weighted by molar-refractivity contribution is 5.86. The Bertz CT molecular complexity index is 1260. The van der Waals surface area contributed by atoms with Gasteiger partial charge >= 0.3 is 0 Å². The van der Waals surface area contributed by atoms with E-state index in [0.717, 1.165) is 0 Å². The molecule has 2 aromatic heterocycles. The molecule has 2 aliphatic rings. The Hall–Kier alpha value is -4.01. The minimum Gasteiger partial charge on any atom is -0.454 e. The number of likely N-dealkylation sites (N-methyl/N-ethyl adjacent to an activating group) is 1. The van der Waals surface area contributed by atoms with Gasteiger partial charge in [0.15, 0.2) is 35.3 Å². The lowest BCUT2D eigenvalue weighted by Crippen LogP contribution is -2.42. The Morgan fingerprint density at radius 1 is 1.32 bits per heavy atom. The number of aliphatic hydroxyl groups is 2. The Morgan fingerprint density at radius 2 is 2.18 bits per heavy atom. The number of hydrogen-bond acceptors (Lipinski definition) is 12. The number of anilines is 2. The first-order valence-corrected chi connectivity index (χ1v) is 10.4. The summed E-state index contributed by atoms with van der Waals surface area (Å²) in [7, 11) is 0. The number of carbonyl (C=O) groups excluding carboxylic acids is 1. The largest absolute Gasteiger partial charge is 0.454 e. The summed E-state index contributed by atoms with van der Waals surface area (Å²) in [6.07, 6.45) is -2.35. The normalized spacial score (nSPS) is 23.6. The van der Waals surface area contributed by atoms with Gasteiger partial charge in [0.05, 0.1) is 12.5 Å². The van der Waals surface area contributed by atoms with Crippen molar-refractivity contribution in [3.63, 3.8) is 0 Å². The third-order valence-corrected chi connectivity index (χ3v) is 5.37. The number of imidazole rings is 1. The number of nitrogen functional groups attached to an aromatic ring is 1. The average molecular weight is 470 g/mol. The first kappa shape index (κ1) is 21.8. The highest BCUT2D eigenvalue weighted by Crippen LogP contribution is 2.35. The SMILES string of the molecule is CCNC(=O)[C@H]1O[C@@H](n2cnc3c(N)nc(N/N=C/c4cccc5c4OCO5)nc32)[C@H](O)[C@@H]1O. The number of hydrogen-bond donors (Lipinski definition) is 5. The molecule has 14 heteroatoms. The molecule has 6 N–H and O–H groups in total. The van der Waals surface area contributed by atoms with Crippen LogP contribution in [0.15, 0.2) is 29.6 Å². The maximum atomic E-state index is 12.2. The number of benzene rings is 1. The van der Waals surface area contributed by atoms with E-state index in [2.05, 4.69) is 30.8 Å². The van der Waals surface area contributed by atoms with Crippen LogP contribution in [-0.2, 0) is 9.53 Å². The van der Waals surface area contributed by atoms with Gasteiger partial charge in [0, 0.05) is 12.1 Å². The minimum absolute atomic E-state index is 0.0565. The van der Waals surface area contributed by atoms with E-state index in [0.29, 0.717) is 23.6 Å². The lowest BCUT2D eigenvalue weighted by Gasteiger charge is -2.16. The van der Waals surface area contributed by atoms with Gasteiger partial charge in [0.25, 0.3) is 5.91 Å². The van der Waals surface area contributed by atoms with Gasteiger partial charge in [-0.2, -0.15) is 15.1 Å². The van der Waals surface area contributed by atoms with Crippen LogP contribution >= 0.6 is 0 Å². The topological polar surface area (TPSA) is 191 Å². The molecule has 5 rings (SSSR count). The van der Waals surface area contributed by atoms with Gasteiger partial charge in [-0.05, 0) is 19.1 Å². The lowest BCUT2D eigenvalue weighted by molar-refractivity contribution is -0.137. The van der Waals surface area contributed by atoms with Gasteiger partial charge < -0.3 is 35.5 Å². The first-order chi connectivity index (χ1) is 16.5. The Labute approximate surface area is 192 Å². The summed E-state index contributed by atoms with van der Waals surface area (Å²) in [5, 5.41) is 27.5. The van der Waals surface area contributed by atoms with Crippen LogP contribution in [0.2, 0.25) is 0 Å². The molecule has 0 bridgehead atoms. The number of carbonyl (C=O) groups is 1. The number of para-hydroxylation sites is 1. The zero-order chi connectivity index (χ0) is 23.8. The van der Waals surface area contributed by atoms with Crippen LogP contribution in [0.5, 0.6) is 11.5 Å². The van der Waals surface area contributed by atoms with Crippen LogP contribution in [0, 0.1) is 0 Å². The van der Waals surface area contributed by atoms with Crippen LogP contribution in [0.3, 0.4) is 0 Å². The van der Waals surface area contributed by atoms with Crippen LogP contribution in [0.4, 0.5) is 11.8 Å². The summed E-state index contributed by atoms with van der Waals surface area (Å²) in [6.45, 7) is 2.22. The molecule has 1 saturated heterocycles. The van der Waals surface area contributed by atoms with E-state index in [1.807, 2.05) is 6.07 Å². The fourth-order valence-corrected chi connectivity index (χ4v) is 3.77. The van der Waals surface area contributed by atoms with E-state index in [-0.39, 0.29) is 29.7 Å². The van der Waals surface area contributed by atoms with Gasteiger partial charge in [-0.25, -0.2) is 10.4 Å². The van der Waals surface area contributed by atoms with Crippen molar-refractivity contribution in [1.29, 1.82) is 0 Å². The smallest absolute Gasteiger partial charge is 0.252 e. The van der Waals surface area contributed by atoms with E-state index >= 15 is 0 Å². The van der Waals surface area contributed by atoms with Crippen LogP contribution in [0.25, 0.3) is 11.2 Å². The molecular formula is C20H22N8O6. The molecule has 1 amide bonds. The molecule has 2 aliphatic heterocycles. The number of aromatic nitrogens is 4. The van der Waals surface area contributed by atoms with Gasteiger partial charge in [0.2, 0.25) is 12.7 Å². The van der Waals surface area contributed by atoms with Crippen molar-refractivity contribution in [1.82, 2.24) is 24.8 Å². The number of aliphatic hydroxyl groups excluding tert-OH is 2. The molecule has 34 heavy (non-hydrogen) atoms. The van der Waals surface area contributed by atoms with Crippen molar-refractivity contribution >= 4 is 35.1 Å². The number of amides is 1. The molecule has 1 aromatic carbocycles. The number of ether oxygens (including phenoxy) is 3. The fourth-order valence-electron chi connectivity index (χ4n) is 3.77. The molecule has 3 aromatic rings. The molecule has 14 nitrogen and oxygen atoms in total. The molecule has 4 heterocycles. The van der Waals surface area contributed by atoms with Crippen molar-refractivity contribution in [3.05, 3.63) is 30.1 Å². The number of hydrazone groups is 1. The Balaban J connectivity index is 1.40. The fraction of sp³-hybridized carbons (Fsp3) is 0.350. The monoisotopic (exact) mass is 470 g/mol. The highest BCUT2D eigenvalue weighted by Gasteiger charge is 2.47. The maximum Gasteiger partial charge on any atom is 0.252 e. The summed E-state index contributed by atoms with van der Waals surface area (Å²) in [5.41, 5.74) is 9.90. The highest BCUT2D eigenvalue weighted by atomic mass is 16.7. The van der Waals surface area contributed by atoms with Crippen molar-refractivity contribution in [2.24, 2.45) is 5.10 Å². The van der Waals surface area contributed by atoms with E-state index in [1.54, 1.807) is 19.1 Å². The third kappa shape index (κ3) is 3.72. The number of fused-ring (bicyclic) bond motifs is 2. The summed E-state index contributed by atoms with van der Waals surface area (Å²) in [4.78, 5) is 24.9. The third-order valence-electron chi connectivity index (χ3n) is 5.37. The molecule has 178 valence electrons. The van der Waals surface area contributed by atoms with E-state index in [9.17, 15) is 15.0 Å². The zero-order valence-electron chi connectivity index (χ0n) is 18.0. The number of rotatable bonds is 6. The van der Waals surface area contributed by atoms with Crippen LogP contribution in [0.1, 0.15) is 18.7 Å². The minimum atomic E-state index is -1.44. The van der Waals surface area contributed by atoms with Crippen molar-refractivity contribution < 1.29 is 29.2 Å². The molecule has 0 aliphatic carbocycles.